The maximum Gasteiger partial charge on any atom is 0.328 e. The van der Waals surface area contributed by atoms with E-state index in [9.17, 15) is 8.42 Å². The second kappa shape index (κ2) is 4.95. The van der Waals surface area contributed by atoms with Crippen molar-refractivity contribution in [3.05, 3.63) is 53.9 Å². The maximum absolute atomic E-state index is 12.0. The van der Waals surface area contributed by atoms with Crippen LogP contribution >= 0.6 is 0 Å². The molecule has 0 saturated heterocycles. The minimum absolute atomic E-state index is 0.152. The van der Waals surface area contributed by atoms with Crippen molar-refractivity contribution in [2.24, 2.45) is 0 Å². The van der Waals surface area contributed by atoms with E-state index in [4.69, 9.17) is 6.57 Å². The Morgan fingerprint density at radius 1 is 1.44 bits per heavy atom. The predicted octanol–water partition coefficient (Wildman–Crippen LogP) is 2.59. The third kappa shape index (κ3) is 2.50. The molecule has 1 rings (SSSR count). The lowest BCUT2D eigenvalue weighted by Gasteiger charge is -2.05. The van der Waals surface area contributed by atoms with Crippen LogP contribution in [0.1, 0.15) is 12.0 Å². The molecule has 0 spiro atoms. The van der Waals surface area contributed by atoms with E-state index < -0.39 is 15.2 Å². The molecular formula is C12H13NO2S. The van der Waals surface area contributed by atoms with Crippen LogP contribution in [0.3, 0.4) is 0 Å². The van der Waals surface area contributed by atoms with E-state index in [-0.39, 0.29) is 11.3 Å². The van der Waals surface area contributed by atoms with Gasteiger partial charge in [-0.15, -0.1) is 6.58 Å². The molecule has 0 saturated carbocycles. The van der Waals surface area contributed by atoms with E-state index in [1.807, 2.05) is 6.92 Å². The lowest BCUT2D eigenvalue weighted by atomic mass is 10.2. The van der Waals surface area contributed by atoms with Gasteiger partial charge < -0.3 is 0 Å². The topological polar surface area (TPSA) is 38.5 Å². The largest absolute Gasteiger partial charge is 0.328 e. The second-order valence-corrected chi connectivity index (χ2v) is 5.57. The summed E-state index contributed by atoms with van der Waals surface area (Å²) in [5.74, 6) is 0. The molecule has 0 aromatic heterocycles. The average molecular weight is 235 g/mol. The first-order valence-corrected chi connectivity index (χ1v) is 6.35. The summed E-state index contributed by atoms with van der Waals surface area (Å²) in [5.41, 5.74) is 0.988. The SMILES string of the molecule is [C-]#[N+][C@@H](CC=C)S(=O)(=O)c1ccc(C)cc1. The van der Waals surface area contributed by atoms with Gasteiger partial charge in [-0.2, -0.15) is 0 Å². The number of nitrogens with zero attached hydrogens (tertiary/aromatic N) is 1. The Morgan fingerprint density at radius 2 is 2.00 bits per heavy atom. The van der Waals surface area contributed by atoms with Crippen molar-refractivity contribution in [3.63, 3.8) is 0 Å². The quantitative estimate of drug-likeness (QED) is 0.594. The first kappa shape index (κ1) is 12.5. The standard InChI is InChI=1S/C12H13NO2S/c1-4-5-12(13-3)16(14,15)11-8-6-10(2)7-9-11/h4,6-9,12H,1,5H2,2H3/t12-/m1/s1. The summed E-state index contributed by atoms with van der Waals surface area (Å²) in [5, 5.41) is -1.06. The zero-order valence-corrected chi connectivity index (χ0v) is 9.87. The molecule has 0 aliphatic rings. The van der Waals surface area contributed by atoms with Crippen molar-refractivity contribution in [2.45, 2.75) is 23.6 Å². The molecule has 0 aliphatic carbocycles. The molecule has 0 amide bonds. The van der Waals surface area contributed by atoms with Crippen LogP contribution in [0, 0.1) is 13.5 Å². The molecule has 1 aromatic rings. The van der Waals surface area contributed by atoms with Crippen LogP contribution in [-0.2, 0) is 9.84 Å². The Morgan fingerprint density at radius 3 is 2.44 bits per heavy atom. The van der Waals surface area contributed by atoms with Gasteiger partial charge in [-0.1, -0.05) is 23.8 Å². The summed E-state index contributed by atoms with van der Waals surface area (Å²) >= 11 is 0. The van der Waals surface area contributed by atoms with Gasteiger partial charge in [-0.25, -0.2) is 15.0 Å². The highest BCUT2D eigenvalue weighted by molar-refractivity contribution is 7.92. The molecule has 0 radical (unpaired) electrons. The summed E-state index contributed by atoms with van der Waals surface area (Å²) in [6, 6.07) is 6.52. The second-order valence-electron chi connectivity index (χ2n) is 3.47. The third-order valence-electron chi connectivity index (χ3n) is 2.22. The summed E-state index contributed by atoms with van der Waals surface area (Å²) < 4.78 is 24.0. The molecule has 3 nitrogen and oxygen atoms in total. The van der Waals surface area contributed by atoms with E-state index in [0.29, 0.717) is 0 Å². The zero-order valence-electron chi connectivity index (χ0n) is 9.05. The van der Waals surface area contributed by atoms with Crippen LogP contribution in [0.4, 0.5) is 0 Å². The molecule has 4 heteroatoms. The molecule has 1 atom stereocenters. The van der Waals surface area contributed by atoms with Gasteiger partial charge in [-0.3, -0.25) is 4.85 Å². The summed E-state index contributed by atoms with van der Waals surface area (Å²) in [6.45, 7) is 12.3. The van der Waals surface area contributed by atoms with Crippen LogP contribution < -0.4 is 0 Å². The van der Waals surface area contributed by atoms with Crippen molar-refractivity contribution in [2.75, 3.05) is 0 Å². The average Bonchev–Trinajstić information content (AvgIpc) is 2.26. The molecule has 0 aliphatic heterocycles. The minimum Gasteiger partial charge on any atom is -0.296 e. The first-order valence-electron chi connectivity index (χ1n) is 4.80. The molecular weight excluding hydrogens is 222 g/mol. The fourth-order valence-electron chi connectivity index (χ4n) is 1.28. The van der Waals surface area contributed by atoms with E-state index in [2.05, 4.69) is 11.4 Å². The maximum atomic E-state index is 12.0. The van der Waals surface area contributed by atoms with Gasteiger partial charge in [0, 0.05) is 0 Å². The fraction of sp³-hybridized carbons (Fsp3) is 0.250. The van der Waals surface area contributed by atoms with Crippen molar-refractivity contribution >= 4 is 9.84 Å². The Bertz CT molecular complexity index is 509. The van der Waals surface area contributed by atoms with Crippen molar-refractivity contribution in [1.29, 1.82) is 0 Å². The highest BCUT2D eigenvalue weighted by atomic mass is 32.2. The van der Waals surface area contributed by atoms with Gasteiger partial charge in [0.1, 0.15) is 0 Å². The first-order chi connectivity index (χ1) is 7.52. The minimum atomic E-state index is -3.56. The summed E-state index contributed by atoms with van der Waals surface area (Å²) in [7, 11) is -3.56. The predicted molar refractivity (Wildman–Crippen MR) is 63.6 cm³/mol. The molecule has 0 fully saturated rings. The lowest BCUT2D eigenvalue weighted by Crippen LogP contribution is -2.17. The molecule has 0 heterocycles. The number of hydrogen-bond acceptors (Lipinski definition) is 2. The van der Waals surface area contributed by atoms with Gasteiger partial charge in [0.2, 0.25) is 0 Å². The van der Waals surface area contributed by atoms with Crippen LogP contribution in [0.5, 0.6) is 0 Å². The van der Waals surface area contributed by atoms with Crippen LogP contribution in [-0.4, -0.2) is 13.8 Å². The third-order valence-corrected chi connectivity index (χ3v) is 4.16. The van der Waals surface area contributed by atoms with E-state index >= 15 is 0 Å². The van der Waals surface area contributed by atoms with Crippen molar-refractivity contribution in [3.8, 4) is 0 Å². The van der Waals surface area contributed by atoms with Crippen LogP contribution in [0.25, 0.3) is 4.85 Å². The van der Waals surface area contributed by atoms with Crippen molar-refractivity contribution in [1.82, 2.24) is 0 Å². The fourth-order valence-corrected chi connectivity index (χ4v) is 2.63. The zero-order chi connectivity index (χ0) is 12.2. The van der Waals surface area contributed by atoms with Crippen LogP contribution in [0.15, 0.2) is 41.8 Å². The molecule has 0 bridgehead atoms. The monoisotopic (exact) mass is 235 g/mol. The summed E-state index contributed by atoms with van der Waals surface area (Å²) in [4.78, 5) is 3.33. The summed E-state index contributed by atoms with van der Waals surface area (Å²) in [6.07, 6.45) is 1.61. The van der Waals surface area contributed by atoms with Crippen LogP contribution in [0.2, 0.25) is 0 Å². The Balaban J connectivity index is 3.15. The highest BCUT2D eigenvalue weighted by Gasteiger charge is 2.30. The van der Waals surface area contributed by atoms with Gasteiger partial charge >= 0.3 is 5.37 Å². The van der Waals surface area contributed by atoms with E-state index in [1.54, 1.807) is 12.1 Å². The van der Waals surface area contributed by atoms with Gasteiger partial charge in [-0.05, 0) is 19.1 Å². The highest BCUT2D eigenvalue weighted by Crippen LogP contribution is 2.20. The lowest BCUT2D eigenvalue weighted by molar-refractivity contribution is 0.588. The molecule has 0 unspecified atom stereocenters. The van der Waals surface area contributed by atoms with Gasteiger partial charge in [0.05, 0.1) is 11.3 Å². The number of rotatable bonds is 4. The van der Waals surface area contributed by atoms with Crippen molar-refractivity contribution < 1.29 is 8.42 Å². The number of hydrogen-bond donors (Lipinski definition) is 0. The normalized spacial score (nSPS) is 12.8. The Labute approximate surface area is 96.2 Å². The Hall–Kier alpha value is -1.60. The van der Waals surface area contributed by atoms with E-state index in [0.717, 1.165) is 5.56 Å². The van der Waals surface area contributed by atoms with E-state index in [1.165, 1.54) is 18.2 Å². The molecule has 84 valence electrons. The number of benzene rings is 1. The molecule has 1 aromatic carbocycles. The number of sulfone groups is 1. The molecule has 16 heavy (non-hydrogen) atoms. The van der Waals surface area contributed by atoms with Gasteiger partial charge in [0.25, 0.3) is 9.84 Å². The number of aryl methyl sites for hydroxylation is 1. The van der Waals surface area contributed by atoms with Gasteiger partial charge in [0.15, 0.2) is 0 Å². The Kier molecular flexibility index (Phi) is 3.86. The smallest absolute Gasteiger partial charge is 0.296 e. The molecule has 0 N–H and O–H groups in total.